The van der Waals surface area contributed by atoms with E-state index in [1.54, 1.807) is 0 Å². The summed E-state index contributed by atoms with van der Waals surface area (Å²) in [5, 5.41) is 3.13. The number of hydrogen-bond acceptors (Lipinski definition) is 2. The minimum atomic E-state index is 0.135. The van der Waals surface area contributed by atoms with Gasteiger partial charge in [-0.3, -0.25) is 0 Å². The molecule has 2 amide bonds. The molecule has 1 saturated carbocycles. The number of urea groups is 1. The van der Waals surface area contributed by atoms with E-state index in [9.17, 15) is 4.79 Å². The quantitative estimate of drug-likeness (QED) is 0.813. The first-order chi connectivity index (χ1) is 8.14. The summed E-state index contributed by atoms with van der Waals surface area (Å²) >= 11 is 0. The maximum absolute atomic E-state index is 12.0. The monoisotopic (exact) mass is 239 g/mol. The van der Waals surface area contributed by atoms with Gasteiger partial charge in [0.1, 0.15) is 0 Å². The Morgan fingerprint density at radius 2 is 1.76 bits per heavy atom. The van der Waals surface area contributed by atoms with Gasteiger partial charge in [-0.15, -0.1) is 0 Å². The van der Waals surface area contributed by atoms with Gasteiger partial charge < -0.3 is 15.1 Å². The number of likely N-dealkylation sites (tertiary alicyclic amines) is 1. The van der Waals surface area contributed by atoms with Crippen LogP contribution in [-0.4, -0.2) is 55.1 Å². The third-order valence-corrected chi connectivity index (χ3v) is 4.44. The van der Waals surface area contributed by atoms with Crippen molar-refractivity contribution in [3.05, 3.63) is 0 Å². The average molecular weight is 239 g/mol. The number of carbonyl (C=O) groups is 1. The Kier molecular flexibility index (Phi) is 3.92. The second-order valence-electron chi connectivity index (χ2n) is 5.68. The molecule has 1 aliphatic heterocycles. The Bertz CT molecular complexity index is 266. The van der Waals surface area contributed by atoms with Gasteiger partial charge in [0.15, 0.2) is 0 Å². The van der Waals surface area contributed by atoms with E-state index >= 15 is 0 Å². The van der Waals surface area contributed by atoms with Crippen molar-refractivity contribution in [3.8, 4) is 0 Å². The van der Waals surface area contributed by atoms with Gasteiger partial charge in [-0.05, 0) is 39.8 Å². The van der Waals surface area contributed by atoms with E-state index in [2.05, 4.69) is 24.3 Å². The maximum Gasteiger partial charge on any atom is 0.317 e. The van der Waals surface area contributed by atoms with Crippen LogP contribution in [0, 0.1) is 0 Å². The molecule has 0 atom stereocenters. The van der Waals surface area contributed by atoms with Crippen molar-refractivity contribution >= 4 is 6.03 Å². The van der Waals surface area contributed by atoms with Gasteiger partial charge in [-0.2, -0.15) is 0 Å². The Morgan fingerprint density at radius 1 is 1.18 bits per heavy atom. The van der Waals surface area contributed by atoms with Gasteiger partial charge in [-0.25, -0.2) is 4.79 Å². The lowest BCUT2D eigenvalue weighted by Crippen LogP contribution is -2.52. The fourth-order valence-corrected chi connectivity index (χ4v) is 3.09. The fraction of sp³-hybridized carbons (Fsp3) is 0.923. The van der Waals surface area contributed by atoms with Crippen LogP contribution in [0.25, 0.3) is 0 Å². The highest BCUT2D eigenvalue weighted by Gasteiger charge is 2.36. The van der Waals surface area contributed by atoms with Crippen molar-refractivity contribution in [2.24, 2.45) is 0 Å². The highest BCUT2D eigenvalue weighted by atomic mass is 16.2. The van der Waals surface area contributed by atoms with Crippen LogP contribution in [0.1, 0.15) is 38.5 Å². The van der Waals surface area contributed by atoms with Crippen molar-refractivity contribution in [2.45, 2.75) is 44.1 Å². The fourth-order valence-electron chi connectivity index (χ4n) is 3.09. The van der Waals surface area contributed by atoms with Gasteiger partial charge in [0.05, 0.1) is 0 Å². The van der Waals surface area contributed by atoms with E-state index in [0.29, 0.717) is 0 Å². The van der Waals surface area contributed by atoms with Crippen molar-refractivity contribution in [1.82, 2.24) is 15.1 Å². The van der Waals surface area contributed by atoms with Crippen molar-refractivity contribution < 1.29 is 4.79 Å². The number of amides is 2. The number of rotatable bonds is 3. The highest BCUT2D eigenvalue weighted by Crippen LogP contribution is 2.33. The Balaban J connectivity index is 1.85. The van der Waals surface area contributed by atoms with Gasteiger partial charge in [-0.1, -0.05) is 12.8 Å². The predicted octanol–water partition coefficient (Wildman–Crippen LogP) is 1.67. The third-order valence-electron chi connectivity index (χ3n) is 4.44. The number of carbonyl (C=O) groups excluding carboxylic acids is 1. The minimum absolute atomic E-state index is 0.135. The van der Waals surface area contributed by atoms with Crippen LogP contribution >= 0.6 is 0 Å². The molecule has 98 valence electrons. The van der Waals surface area contributed by atoms with Gasteiger partial charge in [0, 0.05) is 25.2 Å². The van der Waals surface area contributed by atoms with E-state index in [1.165, 1.54) is 25.7 Å². The number of hydrogen-bond donors (Lipinski definition) is 1. The normalized spacial score (nSPS) is 23.4. The lowest BCUT2D eigenvalue weighted by molar-refractivity contribution is 0.148. The number of nitrogens with one attached hydrogen (secondary N) is 1. The first kappa shape index (κ1) is 12.7. The molecule has 2 fully saturated rings. The molecule has 1 saturated heterocycles. The third kappa shape index (κ3) is 2.73. The predicted molar refractivity (Wildman–Crippen MR) is 69.1 cm³/mol. The molecule has 0 aromatic heterocycles. The van der Waals surface area contributed by atoms with Crippen LogP contribution in [0.5, 0.6) is 0 Å². The molecule has 0 unspecified atom stereocenters. The molecular formula is C13H25N3O. The summed E-state index contributed by atoms with van der Waals surface area (Å²) in [6, 6.07) is 0.135. The largest absolute Gasteiger partial charge is 0.336 e. The van der Waals surface area contributed by atoms with E-state index in [0.717, 1.165) is 32.5 Å². The zero-order valence-corrected chi connectivity index (χ0v) is 11.2. The van der Waals surface area contributed by atoms with Crippen molar-refractivity contribution in [1.29, 1.82) is 0 Å². The molecule has 0 spiro atoms. The molecule has 1 aliphatic carbocycles. The molecule has 0 radical (unpaired) electrons. The van der Waals surface area contributed by atoms with E-state index in [4.69, 9.17) is 0 Å². The molecular weight excluding hydrogens is 214 g/mol. The summed E-state index contributed by atoms with van der Waals surface area (Å²) in [4.78, 5) is 16.2. The standard InChI is InChI=1S/C13H25N3O/c1-15(2)13(7-3-4-8-13)11-14-12(17)16-9-5-6-10-16/h3-11H2,1-2H3,(H,14,17). The average Bonchev–Trinajstić information content (AvgIpc) is 2.97. The highest BCUT2D eigenvalue weighted by molar-refractivity contribution is 5.74. The maximum atomic E-state index is 12.0. The molecule has 2 aliphatic rings. The minimum Gasteiger partial charge on any atom is -0.336 e. The van der Waals surface area contributed by atoms with Crippen molar-refractivity contribution in [2.75, 3.05) is 33.7 Å². The SMILES string of the molecule is CN(C)C1(CNC(=O)N2CCCC2)CCCC1. The molecule has 4 heteroatoms. The summed E-state index contributed by atoms with van der Waals surface area (Å²) in [6.45, 7) is 2.66. The summed E-state index contributed by atoms with van der Waals surface area (Å²) in [5.74, 6) is 0. The first-order valence-electron chi connectivity index (χ1n) is 6.84. The molecule has 4 nitrogen and oxygen atoms in total. The van der Waals surface area contributed by atoms with Gasteiger partial charge >= 0.3 is 6.03 Å². The summed E-state index contributed by atoms with van der Waals surface area (Å²) in [6.07, 6.45) is 7.31. The molecule has 2 rings (SSSR count). The summed E-state index contributed by atoms with van der Waals surface area (Å²) in [7, 11) is 4.26. The van der Waals surface area contributed by atoms with Crippen LogP contribution in [0.3, 0.4) is 0 Å². The first-order valence-corrected chi connectivity index (χ1v) is 6.84. The smallest absolute Gasteiger partial charge is 0.317 e. The van der Waals surface area contributed by atoms with Gasteiger partial charge in [0.2, 0.25) is 0 Å². The summed E-state index contributed by atoms with van der Waals surface area (Å²) in [5.41, 5.74) is 0.204. The van der Waals surface area contributed by atoms with Gasteiger partial charge in [0.25, 0.3) is 0 Å². The molecule has 0 aromatic carbocycles. The Hall–Kier alpha value is -0.770. The second kappa shape index (κ2) is 5.25. The molecule has 0 bridgehead atoms. The zero-order valence-electron chi connectivity index (χ0n) is 11.2. The van der Waals surface area contributed by atoms with Crippen LogP contribution in [0.4, 0.5) is 4.79 Å². The van der Waals surface area contributed by atoms with Crippen LogP contribution in [0.15, 0.2) is 0 Å². The van der Waals surface area contributed by atoms with E-state index < -0.39 is 0 Å². The summed E-state index contributed by atoms with van der Waals surface area (Å²) < 4.78 is 0. The second-order valence-corrected chi connectivity index (χ2v) is 5.68. The topological polar surface area (TPSA) is 35.6 Å². The molecule has 1 N–H and O–H groups in total. The molecule has 17 heavy (non-hydrogen) atoms. The molecule has 1 heterocycles. The number of likely N-dealkylation sites (N-methyl/N-ethyl adjacent to an activating group) is 1. The molecule has 0 aromatic rings. The Labute approximate surface area is 104 Å². The lowest BCUT2D eigenvalue weighted by Gasteiger charge is -2.37. The van der Waals surface area contributed by atoms with E-state index in [1.807, 2.05) is 4.90 Å². The van der Waals surface area contributed by atoms with Crippen LogP contribution in [-0.2, 0) is 0 Å². The van der Waals surface area contributed by atoms with Crippen LogP contribution in [0.2, 0.25) is 0 Å². The van der Waals surface area contributed by atoms with Crippen LogP contribution < -0.4 is 5.32 Å². The van der Waals surface area contributed by atoms with Crippen molar-refractivity contribution in [3.63, 3.8) is 0 Å². The Morgan fingerprint density at radius 3 is 2.29 bits per heavy atom. The van der Waals surface area contributed by atoms with E-state index in [-0.39, 0.29) is 11.6 Å². The number of nitrogens with zero attached hydrogens (tertiary/aromatic N) is 2. The zero-order chi connectivity index (χ0) is 12.3. The lowest BCUT2D eigenvalue weighted by atomic mass is 9.96.